The maximum Gasteiger partial charge on any atom is 0.290 e. The summed E-state index contributed by atoms with van der Waals surface area (Å²) in [4.78, 5) is 65.8. The molecule has 0 radical (unpaired) electrons. The summed E-state index contributed by atoms with van der Waals surface area (Å²) in [7, 11) is 0. The van der Waals surface area contributed by atoms with Crippen LogP contribution in [-0.2, 0) is 38.6 Å². The highest BCUT2D eigenvalue weighted by molar-refractivity contribution is 6.36. The summed E-state index contributed by atoms with van der Waals surface area (Å²) in [6.07, 6.45) is 0.669. The summed E-state index contributed by atoms with van der Waals surface area (Å²) in [6.45, 7) is 2.41. The molecule has 0 saturated heterocycles. The van der Waals surface area contributed by atoms with Gasteiger partial charge in [-0.3, -0.25) is 24.0 Å². The third kappa shape index (κ3) is 7.59. The maximum atomic E-state index is 13.2. The number of carbonyl (C=O) groups is 5. The van der Waals surface area contributed by atoms with Crippen LogP contribution in [0.15, 0.2) is 84.9 Å². The van der Waals surface area contributed by atoms with Crippen molar-refractivity contribution >= 4 is 29.2 Å². The first kappa shape index (κ1) is 28.6. The van der Waals surface area contributed by atoms with Gasteiger partial charge in [0.1, 0.15) is 0 Å². The van der Waals surface area contributed by atoms with Gasteiger partial charge in [0, 0.05) is 43.8 Å². The molecule has 3 aromatic rings. The molecule has 0 unspecified atom stereocenters. The van der Waals surface area contributed by atoms with Crippen molar-refractivity contribution in [1.82, 2.24) is 10.2 Å². The van der Waals surface area contributed by atoms with Gasteiger partial charge in [-0.15, -0.1) is 0 Å². The Morgan fingerprint density at radius 3 is 2.12 bits per heavy atom. The number of fused-ring (bicyclic) bond motifs is 1. The first-order valence-electron chi connectivity index (χ1n) is 13.7. The van der Waals surface area contributed by atoms with Gasteiger partial charge in [-0.2, -0.15) is 0 Å². The van der Waals surface area contributed by atoms with Crippen molar-refractivity contribution < 1.29 is 24.0 Å². The van der Waals surface area contributed by atoms with Crippen LogP contribution < -0.4 is 5.32 Å². The molecule has 7 nitrogen and oxygen atoms in total. The largest absolute Gasteiger partial charge is 0.346 e. The Labute approximate surface area is 234 Å². The van der Waals surface area contributed by atoms with Crippen LogP contribution in [0, 0.1) is 5.92 Å². The van der Waals surface area contributed by atoms with Crippen molar-refractivity contribution in [3.05, 3.63) is 107 Å². The highest BCUT2D eigenvalue weighted by Gasteiger charge is 2.28. The van der Waals surface area contributed by atoms with Crippen molar-refractivity contribution in [1.29, 1.82) is 0 Å². The van der Waals surface area contributed by atoms with E-state index in [1.54, 1.807) is 31.2 Å². The van der Waals surface area contributed by atoms with E-state index in [-0.39, 0.29) is 30.8 Å². The monoisotopic (exact) mass is 538 g/mol. The second-order valence-corrected chi connectivity index (χ2v) is 10.2. The number of hydrogen-bond acceptors (Lipinski definition) is 5. The molecule has 1 N–H and O–H groups in total. The summed E-state index contributed by atoms with van der Waals surface area (Å²) >= 11 is 0. The first-order chi connectivity index (χ1) is 19.3. The normalized spacial score (nSPS) is 14.0. The van der Waals surface area contributed by atoms with E-state index in [2.05, 4.69) is 5.32 Å². The fourth-order valence-electron chi connectivity index (χ4n) is 4.94. The molecule has 0 aromatic heterocycles. The number of carbonyl (C=O) groups excluding carboxylic acids is 5. The number of nitrogens with one attached hydrogen (secondary N) is 1. The van der Waals surface area contributed by atoms with E-state index in [4.69, 9.17) is 0 Å². The Morgan fingerprint density at radius 2 is 1.43 bits per heavy atom. The second-order valence-electron chi connectivity index (χ2n) is 10.2. The zero-order chi connectivity index (χ0) is 28.5. The number of Topliss-reactive ketones (excluding diaryl/α,β-unsaturated/α-hetero) is 3. The average Bonchev–Trinajstić information content (AvgIpc) is 2.99. The minimum absolute atomic E-state index is 0.00238. The van der Waals surface area contributed by atoms with E-state index in [0.29, 0.717) is 31.5 Å². The fourth-order valence-corrected chi connectivity index (χ4v) is 4.94. The lowest BCUT2D eigenvalue weighted by Crippen LogP contribution is -2.43. The van der Waals surface area contributed by atoms with Crippen molar-refractivity contribution in [2.24, 2.45) is 5.92 Å². The second kappa shape index (κ2) is 13.6. The van der Waals surface area contributed by atoms with Crippen LogP contribution in [0.2, 0.25) is 0 Å². The number of nitrogens with zero attached hydrogens (tertiary/aromatic N) is 1. The van der Waals surface area contributed by atoms with Gasteiger partial charge in [-0.05, 0) is 36.5 Å². The third-order valence-corrected chi connectivity index (χ3v) is 7.32. The molecule has 7 heteroatoms. The van der Waals surface area contributed by atoms with Crippen LogP contribution >= 0.6 is 0 Å². The maximum absolute atomic E-state index is 13.2. The SMILES string of the molecule is C[C@H](NC(=O)[C@@H](CC(=O)c1ccccc1)Cc1ccccc1)C(=O)CCC(=O)C(=O)N1CCc2ccccc2C1. The third-order valence-electron chi connectivity index (χ3n) is 7.32. The summed E-state index contributed by atoms with van der Waals surface area (Å²) < 4.78 is 0. The lowest BCUT2D eigenvalue weighted by atomic mass is 9.91. The molecule has 0 spiro atoms. The number of ketones is 3. The van der Waals surface area contributed by atoms with Gasteiger partial charge in [0.15, 0.2) is 11.6 Å². The Kier molecular flexibility index (Phi) is 9.73. The van der Waals surface area contributed by atoms with Crippen LogP contribution in [0.25, 0.3) is 0 Å². The highest BCUT2D eigenvalue weighted by atomic mass is 16.2. The quantitative estimate of drug-likeness (QED) is 0.276. The molecular formula is C33H34N2O5. The molecule has 3 aromatic carbocycles. The van der Waals surface area contributed by atoms with E-state index < -0.39 is 29.6 Å². The molecule has 2 amide bonds. The predicted octanol–water partition coefficient (Wildman–Crippen LogP) is 4.13. The van der Waals surface area contributed by atoms with Crippen LogP contribution in [0.1, 0.15) is 53.2 Å². The summed E-state index contributed by atoms with van der Waals surface area (Å²) in [5.41, 5.74) is 3.64. The van der Waals surface area contributed by atoms with Crippen molar-refractivity contribution in [3.63, 3.8) is 0 Å². The zero-order valence-electron chi connectivity index (χ0n) is 22.7. The molecule has 1 aliphatic heterocycles. The van der Waals surface area contributed by atoms with E-state index in [9.17, 15) is 24.0 Å². The Morgan fingerprint density at radius 1 is 0.800 bits per heavy atom. The van der Waals surface area contributed by atoms with Crippen LogP contribution in [0.5, 0.6) is 0 Å². The Balaban J connectivity index is 1.31. The number of rotatable bonds is 12. The number of benzene rings is 3. The summed E-state index contributed by atoms with van der Waals surface area (Å²) in [5.74, 6) is -2.76. The first-order valence-corrected chi connectivity index (χ1v) is 13.7. The summed E-state index contributed by atoms with van der Waals surface area (Å²) in [5, 5.41) is 2.74. The van der Waals surface area contributed by atoms with Crippen molar-refractivity contribution in [2.75, 3.05) is 6.54 Å². The van der Waals surface area contributed by atoms with Crippen molar-refractivity contribution in [3.8, 4) is 0 Å². The Bertz CT molecular complexity index is 1370. The molecule has 40 heavy (non-hydrogen) atoms. The summed E-state index contributed by atoms with van der Waals surface area (Å²) in [6, 6.07) is 25.2. The minimum Gasteiger partial charge on any atom is -0.346 e. The van der Waals surface area contributed by atoms with E-state index in [1.807, 2.05) is 60.7 Å². The molecule has 0 aliphatic carbocycles. The van der Waals surface area contributed by atoms with E-state index >= 15 is 0 Å². The van der Waals surface area contributed by atoms with Crippen LogP contribution in [0.4, 0.5) is 0 Å². The highest BCUT2D eigenvalue weighted by Crippen LogP contribution is 2.20. The lowest BCUT2D eigenvalue weighted by molar-refractivity contribution is -0.145. The molecule has 1 aliphatic rings. The molecule has 0 saturated carbocycles. The molecule has 0 fully saturated rings. The van der Waals surface area contributed by atoms with Crippen LogP contribution in [-0.4, -0.2) is 46.7 Å². The molecule has 1 heterocycles. The van der Waals surface area contributed by atoms with Gasteiger partial charge in [0.25, 0.3) is 5.91 Å². The predicted molar refractivity (Wildman–Crippen MR) is 151 cm³/mol. The molecule has 0 bridgehead atoms. The smallest absolute Gasteiger partial charge is 0.290 e. The topological polar surface area (TPSA) is 101 Å². The van der Waals surface area contributed by atoms with Gasteiger partial charge in [-0.1, -0.05) is 84.9 Å². The van der Waals surface area contributed by atoms with Gasteiger partial charge in [-0.25, -0.2) is 0 Å². The molecular weight excluding hydrogens is 504 g/mol. The van der Waals surface area contributed by atoms with Gasteiger partial charge < -0.3 is 10.2 Å². The van der Waals surface area contributed by atoms with E-state index in [0.717, 1.165) is 11.1 Å². The number of amides is 2. The fraction of sp³-hybridized carbons (Fsp3) is 0.303. The van der Waals surface area contributed by atoms with Gasteiger partial charge in [0.2, 0.25) is 11.7 Å². The minimum atomic E-state index is -0.859. The lowest BCUT2D eigenvalue weighted by Gasteiger charge is -2.28. The Hall–Kier alpha value is -4.39. The van der Waals surface area contributed by atoms with E-state index in [1.165, 1.54) is 10.5 Å². The standard InChI is InChI=1S/C33H34N2O5/c1-23(29(36)16-17-30(37)33(40)35-19-18-25-12-8-9-15-27(25)22-35)34-32(39)28(20-24-10-4-2-5-11-24)21-31(38)26-13-6-3-7-14-26/h2-15,23,28H,16-22H2,1H3,(H,34,39)/t23-,28+/m0/s1. The molecule has 206 valence electrons. The molecule has 2 atom stereocenters. The molecule has 4 rings (SSSR count). The zero-order valence-corrected chi connectivity index (χ0v) is 22.7. The van der Waals surface area contributed by atoms with Gasteiger partial charge >= 0.3 is 0 Å². The van der Waals surface area contributed by atoms with Crippen LogP contribution in [0.3, 0.4) is 0 Å². The van der Waals surface area contributed by atoms with Crippen molar-refractivity contribution in [2.45, 2.75) is 51.6 Å². The number of hydrogen-bond donors (Lipinski definition) is 1. The average molecular weight is 539 g/mol. The van der Waals surface area contributed by atoms with Gasteiger partial charge in [0.05, 0.1) is 6.04 Å².